The molecule has 2 rings (SSSR count). The Morgan fingerprint density at radius 3 is 2.78 bits per heavy atom. The van der Waals surface area contributed by atoms with Crippen LogP contribution in [0, 0.1) is 0 Å². The van der Waals surface area contributed by atoms with Crippen molar-refractivity contribution >= 4 is 33.0 Å². The van der Waals surface area contributed by atoms with Crippen molar-refractivity contribution in [3.05, 3.63) is 35.6 Å². The average molecular weight is 287 g/mol. The molecule has 0 bridgehead atoms. The maximum absolute atomic E-state index is 12.0. The molecule has 1 aromatic heterocycles. The van der Waals surface area contributed by atoms with Gasteiger partial charge in [-0.15, -0.1) is 0 Å². The normalized spacial score (nSPS) is 11.4. The van der Waals surface area contributed by atoms with E-state index in [-0.39, 0.29) is 15.6 Å². The predicted octanol–water partition coefficient (Wildman–Crippen LogP) is 1.46. The molecule has 0 atom stereocenters. The molecule has 6 nitrogen and oxygen atoms in total. The highest BCUT2D eigenvalue weighted by molar-refractivity contribution is 7.92. The summed E-state index contributed by atoms with van der Waals surface area (Å²) in [5.74, 6) is 0. The molecule has 0 amide bonds. The first-order valence-corrected chi connectivity index (χ1v) is 6.81. The molecule has 0 radical (unpaired) electrons. The molecule has 1 aromatic carbocycles. The standard InChI is InChI=1S/C10H11ClN4O2S/c1-15-6-8(5-13-15)18(16,17)14-10-4-7(12)2-3-9(10)11/h2-6,14H,12H2,1H3. The molecule has 0 unspecified atom stereocenters. The first-order chi connectivity index (χ1) is 8.38. The van der Waals surface area contributed by atoms with Crippen LogP contribution < -0.4 is 10.5 Å². The van der Waals surface area contributed by atoms with Crippen molar-refractivity contribution in [3.8, 4) is 0 Å². The minimum Gasteiger partial charge on any atom is -0.399 e. The summed E-state index contributed by atoms with van der Waals surface area (Å²) in [7, 11) is -2.07. The van der Waals surface area contributed by atoms with Gasteiger partial charge in [0.1, 0.15) is 4.90 Å². The third-order valence-electron chi connectivity index (χ3n) is 2.23. The Morgan fingerprint density at radius 2 is 2.17 bits per heavy atom. The van der Waals surface area contributed by atoms with Crippen molar-refractivity contribution in [1.29, 1.82) is 0 Å². The van der Waals surface area contributed by atoms with Gasteiger partial charge in [-0.1, -0.05) is 11.6 Å². The number of nitrogens with two attached hydrogens (primary N) is 1. The van der Waals surface area contributed by atoms with Gasteiger partial charge in [0, 0.05) is 18.9 Å². The second-order valence-electron chi connectivity index (χ2n) is 3.69. The number of nitrogens with zero attached hydrogens (tertiary/aromatic N) is 2. The molecule has 0 aliphatic carbocycles. The quantitative estimate of drug-likeness (QED) is 0.836. The van der Waals surface area contributed by atoms with Crippen molar-refractivity contribution < 1.29 is 8.42 Å². The molecule has 0 saturated heterocycles. The number of anilines is 2. The first kappa shape index (κ1) is 12.7. The van der Waals surface area contributed by atoms with E-state index in [1.54, 1.807) is 13.1 Å². The second-order valence-corrected chi connectivity index (χ2v) is 5.78. The summed E-state index contributed by atoms with van der Waals surface area (Å²) >= 11 is 5.89. The fourth-order valence-corrected chi connectivity index (χ4v) is 2.64. The van der Waals surface area contributed by atoms with Crippen molar-refractivity contribution in [2.75, 3.05) is 10.5 Å². The number of hydrogen-bond donors (Lipinski definition) is 2. The number of benzene rings is 1. The third kappa shape index (κ3) is 2.57. The molecule has 0 spiro atoms. The Kier molecular flexibility index (Phi) is 3.18. The number of aryl methyl sites for hydroxylation is 1. The Labute approximate surface area is 109 Å². The van der Waals surface area contributed by atoms with E-state index in [9.17, 15) is 8.42 Å². The zero-order chi connectivity index (χ0) is 13.3. The molecule has 18 heavy (non-hydrogen) atoms. The number of hydrogen-bond acceptors (Lipinski definition) is 4. The monoisotopic (exact) mass is 286 g/mol. The van der Waals surface area contributed by atoms with Gasteiger partial charge in [-0.2, -0.15) is 5.10 Å². The van der Waals surface area contributed by atoms with Crippen LogP contribution in [0.2, 0.25) is 5.02 Å². The summed E-state index contributed by atoms with van der Waals surface area (Å²) in [6, 6.07) is 4.57. The van der Waals surface area contributed by atoms with Crippen LogP contribution in [0.15, 0.2) is 35.5 Å². The summed E-state index contributed by atoms with van der Waals surface area (Å²) in [5, 5.41) is 4.08. The number of halogens is 1. The highest BCUT2D eigenvalue weighted by Gasteiger charge is 2.17. The van der Waals surface area contributed by atoms with Gasteiger partial charge in [-0.05, 0) is 18.2 Å². The van der Waals surface area contributed by atoms with E-state index >= 15 is 0 Å². The second kappa shape index (κ2) is 4.51. The van der Waals surface area contributed by atoms with Gasteiger partial charge >= 0.3 is 0 Å². The molecule has 8 heteroatoms. The van der Waals surface area contributed by atoms with E-state index in [2.05, 4.69) is 9.82 Å². The minimum atomic E-state index is -3.71. The molecular formula is C10H11ClN4O2S. The molecule has 1 heterocycles. The first-order valence-electron chi connectivity index (χ1n) is 4.95. The van der Waals surface area contributed by atoms with Gasteiger partial charge in [0.15, 0.2) is 0 Å². The lowest BCUT2D eigenvalue weighted by molar-refractivity contribution is 0.601. The van der Waals surface area contributed by atoms with Crippen LogP contribution in [0.5, 0.6) is 0 Å². The molecule has 3 N–H and O–H groups in total. The number of sulfonamides is 1. The van der Waals surface area contributed by atoms with Crippen LogP contribution in [0.1, 0.15) is 0 Å². The summed E-state index contributed by atoms with van der Waals surface area (Å²) in [6.45, 7) is 0. The fraction of sp³-hybridized carbons (Fsp3) is 0.100. The van der Waals surface area contributed by atoms with Crippen LogP contribution in [0.4, 0.5) is 11.4 Å². The number of nitrogens with one attached hydrogen (secondary N) is 1. The highest BCUT2D eigenvalue weighted by atomic mass is 35.5. The summed E-state index contributed by atoms with van der Waals surface area (Å²) < 4.78 is 27.8. The lowest BCUT2D eigenvalue weighted by atomic mass is 10.3. The topological polar surface area (TPSA) is 90.0 Å². The molecule has 96 valence electrons. The lowest BCUT2D eigenvalue weighted by Gasteiger charge is -2.08. The SMILES string of the molecule is Cn1cc(S(=O)(=O)Nc2cc(N)ccc2Cl)cn1. The smallest absolute Gasteiger partial charge is 0.265 e. The number of nitrogen functional groups attached to an aromatic ring is 1. The zero-order valence-corrected chi connectivity index (χ0v) is 11.0. The van der Waals surface area contributed by atoms with E-state index in [1.165, 1.54) is 29.2 Å². The lowest BCUT2D eigenvalue weighted by Crippen LogP contribution is -2.12. The third-order valence-corrected chi connectivity index (χ3v) is 3.88. The molecule has 0 saturated carbocycles. The van der Waals surface area contributed by atoms with E-state index in [0.717, 1.165) is 0 Å². The van der Waals surface area contributed by atoms with Gasteiger partial charge in [-0.3, -0.25) is 9.40 Å². The molecule has 0 aliphatic rings. The summed E-state index contributed by atoms with van der Waals surface area (Å²) in [5.41, 5.74) is 6.24. The Hall–Kier alpha value is -1.73. The van der Waals surface area contributed by atoms with Gasteiger partial charge in [-0.25, -0.2) is 8.42 Å². The summed E-state index contributed by atoms with van der Waals surface area (Å²) in [4.78, 5) is 0.0588. The van der Waals surface area contributed by atoms with E-state index < -0.39 is 10.0 Å². The average Bonchev–Trinajstić information content (AvgIpc) is 2.71. The van der Waals surface area contributed by atoms with Crippen LogP contribution >= 0.6 is 11.6 Å². The van der Waals surface area contributed by atoms with Crippen molar-refractivity contribution in [2.24, 2.45) is 7.05 Å². The predicted molar refractivity (Wildman–Crippen MR) is 69.9 cm³/mol. The fourth-order valence-electron chi connectivity index (χ4n) is 1.36. The van der Waals surface area contributed by atoms with Gasteiger partial charge in [0.25, 0.3) is 10.0 Å². The largest absolute Gasteiger partial charge is 0.399 e. The Bertz CT molecular complexity index is 681. The van der Waals surface area contributed by atoms with Crippen molar-refractivity contribution in [2.45, 2.75) is 4.90 Å². The number of rotatable bonds is 3. The van der Waals surface area contributed by atoms with E-state index in [4.69, 9.17) is 17.3 Å². The van der Waals surface area contributed by atoms with Crippen LogP contribution in [0.3, 0.4) is 0 Å². The van der Waals surface area contributed by atoms with Crippen LogP contribution in [-0.4, -0.2) is 18.2 Å². The van der Waals surface area contributed by atoms with Gasteiger partial charge in [0.05, 0.1) is 16.9 Å². The Morgan fingerprint density at radius 1 is 1.44 bits per heavy atom. The minimum absolute atomic E-state index is 0.0588. The zero-order valence-electron chi connectivity index (χ0n) is 9.46. The molecular weight excluding hydrogens is 276 g/mol. The van der Waals surface area contributed by atoms with Gasteiger partial charge in [0.2, 0.25) is 0 Å². The highest BCUT2D eigenvalue weighted by Crippen LogP contribution is 2.26. The maximum Gasteiger partial charge on any atom is 0.265 e. The molecule has 0 aliphatic heterocycles. The van der Waals surface area contributed by atoms with Gasteiger partial charge < -0.3 is 5.73 Å². The van der Waals surface area contributed by atoms with Crippen molar-refractivity contribution in [3.63, 3.8) is 0 Å². The van der Waals surface area contributed by atoms with Crippen LogP contribution in [0.25, 0.3) is 0 Å². The maximum atomic E-state index is 12.0. The number of aromatic nitrogens is 2. The Balaban J connectivity index is 2.36. The van der Waals surface area contributed by atoms with Crippen LogP contribution in [-0.2, 0) is 17.1 Å². The molecule has 0 fully saturated rings. The van der Waals surface area contributed by atoms with Crippen molar-refractivity contribution in [1.82, 2.24) is 9.78 Å². The molecule has 2 aromatic rings. The van der Waals surface area contributed by atoms with E-state index in [0.29, 0.717) is 5.69 Å². The van der Waals surface area contributed by atoms with E-state index in [1.807, 2.05) is 0 Å². The summed E-state index contributed by atoms with van der Waals surface area (Å²) in [6.07, 6.45) is 2.64.